The molecule has 0 bridgehead atoms. The van der Waals surface area contributed by atoms with Crippen molar-refractivity contribution in [3.63, 3.8) is 0 Å². The molecular formula is C37H41ClF5N5O7. The van der Waals surface area contributed by atoms with Crippen LogP contribution >= 0.6 is 11.6 Å². The van der Waals surface area contributed by atoms with Crippen molar-refractivity contribution in [2.45, 2.75) is 75.7 Å². The number of benzene rings is 2. The minimum atomic E-state index is -5.01. The molecular weight excluding hydrogens is 757 g/mol. The maximum atomic E-state index is 15.1. The first-order valence-electron chi connectivity index (χ1n) is 17.1. The van der Waals surface area contributed by atoms with Crippen molar-refractivity contribution in [2.75, 3.05) is 20.2 Å². The fraction of sp³-hybridized carbons (Fsp3) is 0.432. The third kappa shape index (κ3) is 11.8. The van der Waals surface area contributed by atoms with Crippen molar-refractivity contribution in [1.29, 1.82) is 0 Å². The van der Waals surface area contributed by atoms with E-state index in [0.717, 1.165) is 15.8 Å². The minimum absolute atomic E-state index is 0.00299. The van der Waals surface area contributed by atoms with Gasteiger partial charge in [0.05, 0.1) is 25.9 Å². The molecule has 1 aliphatic rings. The van der Waals surface area contributed by atoms with Gasteiger partial charge >= 0.3 is 12.1 Å². The lowest BCUT2D eigenvalue weighted by atomic mass is 9.93. The highest BCUT2D eigenvalue weighted by atomic mass is 35.5. The van der Waals surface area contributed by atoms with Crippen molar-refractivity contribution < 1.29 is 55.7 Å². The lowest BCUT2D eigenvalue weighted by molar-refractivity contribution is -0.175. The van der Waals surface area contributed by atoms with Gasteiger partial charge in [0.15, 0.2) is 0 Å². The normalized spacial score (nSPS) is 17.6. The molecule has 5 atom stereocenters. The fourth-order valence-electron chi connectivity index (χ4n) is 5.90. The van der Waals surface area contributed by atoms with E-state index in [0.29, 0.717) is 16.3 Å². The van der Waals surface area contributed by atoms with E-state index in [1.54, 1.807) is 60.7 Å². The Kier molecular flexibility index (Phi) is 14.5. The molecule has 1 aromatic heterocycles. The van der Waals surface area contributed by atoms with Gasteiger partial charge in [-0.15, -0.1) is 0 Å². The number of nitrogens with one attached hydrogen (secondary N) is 3. The van der Waals surface area contributed by atoms with Crippen LogP contribution in [0, 0.1) is 5.92 Å². The number of pyridine rings is 1. The number of amides is 4. The van der Waals surface area contributed by atoms with Crippen LogP contribution in [0.3, 0.4) is 0 Å². The van der Waals surface area contributed by atoms with Crippen LogP contribution in [0.5, 0.6) is 5.75 Å². The van der Waals surface area contributed by atoms with E-state index < -0.39 is 78.5 Å². The van der Waals surface area contributed by atoms with Crippen LogP contribution in [0.15, 0.2) is 72.9 Å². The standard InChI is InChI=1S/C37H41ClF5N5O7/c1-21(2)30(31(49)37(42,43)35(53)45-20-36(39,40)41)47-33(51)29-17-26(55-19-22-10-12-25(54-3)13-11-22)18-48(29)34(52)28(16-23-7-6-8-24(38)15-23)46-32(50)27-9-4-5-14-44-27/h4-15,21,26,28-31,49H,16-20H2,1-3H3,(H,45,53)(H,46,50)(H,47,51)/t26-,28+,29+,30+,31-/m1/s1. The molecule has 4 N–H and O–H groups in total. The monoisotopic (exact) mass is 797 g/mol. The van der Waals surface area contributed by atoms with E-state index in [1.165, 1.54) is 33.2 Å². The molecule has 1 aliphatic heterocycles. The van der Waals surface area contributed by atoms with Crippen molar-refractivity contribution >= 4 is 35.2 Å². The van der Waals surface area contributed by atoms with Crippen LogP contribution in [-0.2, 0) is 32.1 Å². The second kappa shape index (κ2) is 18.6. The fourth-order valence-corrected chi connectivity index (χ4v) is 6.12. The van der Waals surface area contributed by atoms with Gasteiger partial charge in [-0.1, -0.05) is 55.8 Å². The summed E-state index contributed by atoms with van der Waals surface area (Å²) in [5, 5.41) is 17.1. The third-order valence-electron chi connectivity index (χ3n) is 8.81. The number of carbonyl (C=O) groups is 4. The Morgan fingerprint density at radius 1 is 0.982 bits per heavy atom. The Morgan fingerprint density at radius 3 is 2.29 bits per heavy atom. The van der Waals surface area contributed by atoms with Gasteiger partial charge in [-0.3, -0.25) is 24.2 Å². The zero-order valence-corrected chi connectivity index (χ0v) is 30.7. The summed E-state index contributed by atoms with van der Waals surface area (Å²) in [6, 6.07) is 13.4. The number of halogens is 6. The quantitative estimate of drug-likeness (QED) is 0.158. The van der Waals surface area contributed by atoms with Gasteiger partial charge in [0.1, 0.15) is 36.2 Å². The number of alkyl halides is 5. The summed E-state index contributed by atoms with van der Waals surface area (Å²) in [6.45, 7) is 0.454. The summed E-state index contributed by atoms with van der Waals surface area (Å²) in [7, 11) is 1.51. The Bertz CT molecular complexity index is 1790. The maximum absolute atomic E-state index is 15.1. The van der Waals surface area contributed by atoms with Gasteiger partial charge in [-0.25, -0.2) is 0 Å². The van der Waals surface area contributed by atoms with Gasteiger partial charge in [-0.05, 0) is 53.4 Å². The molecule has 0 spiro atoms. The summed E-state index contributed by atoms with van der Waals surface area (Å²) >= 11 is 6.19. The zero-order valence-electron chi connectivity index (χ0n) is 30.0. The molecule has 4 rings (SSSR count). The number of likely N-dealkylation sites (tertiary alicyclic amines) is 1. The zero-order chi connectivity index (χ0) is 40.5. The van der Waals surface area contributed by atoms with Gasteiger partial charge in [0.2, 0.25) is 11.8 Å². The highest BCUT2D eigenvalue weighted by Crippen LogP contribution is 2.28. The molecule has 4 amide bonds. The van der Waals surface area contributed by atoms with Gasteiger partial charge < -0.3 is 35.4 Å². The molecule has 55 heavy (non-hydrogen) atoms. The van der Waals surface area contributed by atoms with Crippen LogP contribution in [-0.4, -0.2) is 101 Å². The van der Waals surface area contributed by atoms with Crippen LogP contribution in [0.4, 0.5) is 22.0 Å². The maximum Gasteiger partial charge on any atom is 0.405 e. The molecule has 2 aromatic carbocycles. The van der Waals surface area contributed by atoms with E-state index in [4.69, 9.17) is 21.1 Å². The van der Waals surface area contributed by atoms with Crippen LogP contribution in [0.1, 0.15) is 41.9 Å². The Labute approximate surface area is 318 Å². The predicted octanol–water partition coefficient (Wildman–Crippen LogP) is 4.09. The molecule has 18 heteroatoms. The Hall–Kier alpha value is -4.87. The second-order valence-electron chi connectivity index (χ2n) is 13.2. The number of hydrogen-bond donors (Lipinski definition) is 4. The molecule has 1 saturated heterocycles. The molecule has 1 fully saturated rings. The SMILES string of the molecule is COc1ccc(CO[C@@H]2C[C@@H](C(=O)N[C@@H](C(C)C)[C@@H](O)C(F)(F)C(=O)NCC(F)(F)F)N(C(=O)[C@H](Cc3cccc(Cl)c3)NC(=O)c3ccccn3)C2)cc1. The molecule has 3 aromatic rings. The number of ether oxygens (including phenoxy) is 2. The highest BCUT2D eigenvalue weighted by Gasteiger charge is 2.53. The Morgan fingerprint density at radius 2 is 1.69 bits per heavy atom. The van der Waals surface area contributed by atoms with Crippen LogP contribution < -0.4 is 20.7 Å². The summed E-state index contributed by atoms with van der Waals surface area (Å²) in [4.78, 5) is 59.0. The molecule has 2 heterocycles. The lowest BCUT2D eigenvalue weighted by Crippen LogP contribution is -2.62. The van der Waals surface area contributed by atoms with Gasteiger partial charge in [0.25, 0.3) is 11.8 Å². The minimum Gasteiger partial charge on any atom is -0.497 e. The average Bonchev–Trinajstić information content (AvgIpc) is 3.58. The van der Waals surface area contributed by atoms with E-state index in [1.807, 2.05) is 0 Å². The highest BCUT2D eigenvalue weighted by molar-refractivity contribution is 6.30. The molecule has 0 unspecified atom stereocenters. The number of methoxy groups -OCH3 is 1. The van der Waals surface area contributed by atoms with Gasteiger partial charge in [0, 0.05) is 30.6 Å². The summed E-state index contributed by atoms with van der Waals surface area (Å²) in [5.74, 6) is -10.0. The topological polar surface area (TPSA) is 159 Å². The number of aliphatic hydroxyl groups is 1. The summed E-state index contributed by atoms with van der Waals surface area (Å²) in [5.41, 5.74) is 1.27. The number of carbonyl (C=O) groups excluding carboxylic acids is 4. The molecule has 298 valence electrons. The smallest absolute Gasteiger partial charge is 0.405 e. The van der Waals surface area contributed by atoms with Crippen molar-refractivity contribution in [3.05, 3.63) is 94.8 Å². The second-order valence-corrected chi connectivity index (χ2v) is 13.7. The third-order valence-corrected chi connectivity index (χ3v) is 9.05. The van der Waals surface area contributed by atoms with Crippen molar-refractivity contribution in [3.8, 4) is 5.75 Å². The number of aliphatic hydroxyl groups excluding tert-OH is 1. The van der Waals surface area contributed by atoms with Gasteiger partial charge in [-0.2, -0.15) is 22.0 Å². The first kappa shape index (κ1) is 42.9. The van der Waals surface area contributed by atoms with Crippen LogP contribution in [0.2, 0.25) is 5.02 Å². The number of rotatable bonds is 16. The molecule has 0 radical (unpaired) electrons. The number of nitrogens with zero attached hydrogens (tertiary/aromatic N) is 2. The largest absolute Gasteiger partial charge is 0.497 e. The molecule has 0 saturated carbocycles. The van der Waals surface area contributed by atoms with Crippen molar-refractivity contribution in [1.82, 2.24) is 25.8 Å². The number of hydrogen-bond acceptors (Lipinski definition) is 8. The average molecular weight is 798 g/mol. The molecule has 12 nitrogen and oxygen atoms in total. The molecule has 0 aliphatic carbocycles. The van der Waals surface area contributed by atoms with E-state index in [-0.39, 0.29) is 31.7 Å². The summed E-state index contributed by atoms with van der Waals surface area (Å²) < 4.78 is 79.4. The van der Waals surface area contributed by atoms with Crippen LogP contribution in [0.25, 0.3) is 0 Å². The van der Waals surface area contributed by atoms with Crippen molar-refractivity contribution in [2.24, 2.45) is 5.92 Å². The van der Waals surface area contributed by atoms with E-state index in [2.05, 4.69) is 15.6 Å². The van der Waals surface area contributed by atoms with E-state index in [9.17, 15) is 37.5 Å². The Balaban J connectivity index is 1.63. The lowest BCUT2D eigenvalue weighted by Gasteiger charge is -2.34. The van der Waals surface area contributed by atoms with E-state index >= 15 is 8.78 Å². The summed E-state index contributed by atoms with van der Waals surface area (Å²) in [6.07, 6.45) is -7.63. The number of aromatic nitrogens is 1. The first-order chi connectivity index (χ1) is 25.9. The first-order valence-corrected chi connectivity index (χ1v) is 17.5. The predicted molar refractivity (Wildman–Crippen MR) is 189 cm³/mol.